The molecule has 0 aliphatic rings. The van der Waals surface area contributed by atoms with Gasteiger partial charge in [0.25, 0.3) is 0 Å². The first kappa shape index (κ1) is 6.89. The molecule has 0 aromatic rings. The van der Waals surface area contributed by atoms with Crippen molar-refractivity contribution in [1.29, 1.82) is 0 Å². The molecule has 1 atom stereocenters. The first-order chi connectivity index (χ1) is 3.31. The molecule has 44 valence electrons. The molecule has 0 aromatic heterocycles. The number of hydrogen-bond acceptors (Lipinski definition) is 1. The highest BCUT2D eigenvalue weighted by molar-refractivity contribution is 4.55. The van der Waals surface area contributed by atoms with Gasteiger partial charge in [-0.3, -0.25) is 4.39 Å². The zero-order valence-corrected chi connectivity index (χ0v) is 4.65. The van der Waals surface area contributed by atoms with E-state index in [4.69, 9.17) is 5.73 Å². The minimum absolute atomic E-state index is 0.0741. The van der Waals surface area contributed by atoms with Gasteiger partial charge in [-0.25, -0.2) is 0 Å². The molecule has 0 amide bonds. The summed E-state index contributed by atoms with van der Waals surface area (Å²) in [6.45, 7) is 1.68. The molecule has 2 heteroatoms. The molecule has 0 radical (unpaired) electrons. The molecule has 0 heterocycles. The summed E-state index contributed by atoms with van der Waals surface area (Å²) in [5.41, 5.74) is 5.34. The third-order valence-electron chi connectivity index (χ3n) is 1.00. The second-order valence-electron chi connectivity index (χ2n) is 1.65. The van der Waals surface area contributed by atoms with Crippen molar-refractivity contribution in [2.24, 2.45) is 5.73 Å². The average molecular weight is 105 g/mol. The highest BCUT2D eigenvalue weighted by Gasteiger charge is 1.94. The van der Waals surface area contributed by atoms with E-state index in [0.29, 0.717) is 6.42 Å². The summed E-state index contributed by atoms with van der Waals surface area (Å²) >= 11 is 0. The molecule has 0 saturated heterocycles. The fourth-order valence-corrected chi connectivity index (χ4v) is 0.344. The van der Waals surface area contributed by atoms with Crippen molar-refractivity contribution in [1.82, 2.24) is 0 Å². The lowest BCUT2D eigenvalue weighted by molar-refractivity contribution is 0.432. The van der Waals surface area contributed by atoms with E-state index in [1.807, 2.05) is 6.92 Å². The normalized spacial score (nSPS) is 14.1. The molecule has 0 fully saturated rings. The predicted octanol–water partition coefficient (Wildman–Crippen LogP) is 1.08. The van der Waals surface area contributed by atoms with E-state index in [2.05, 4.69) is 0 Å². The smallest absolute Gasteiger partial charge is 0.0909 e. The SMILES string of the molecule is CC[C@@H](N)CCF. The van der Waals surface area contributed by atoms with Crippen LogP contribution in [-0.4, -0.2) is 12.7 Å². The number of hydrogen-bond donors (Lipinski definition) is 1. The third kappa shape index (κ3) is 3.73. The van der Waals surface area contributed by atoms with E-state index in [1.54, 1.807) is 0 Å². The van der Waals surface area contributed by atoms with Gasteiger partial charge in [-0.2, -0.15) is 0 Å². The molecular weight excluding hydrogens is 93.1 g/mol. The topological polar surface area (TPSA) is 26.0 Å². The number of alkyl halides is 1. The average Bonchev–Trinajstić information content (AvgIpc) is 1.68. The fourth-order valence-electron chi connectivity index (χ4n) is 0.344. The van der Waals surface area contributed by atoms with E-state index < -0.39 is 0 Å². The van der Waals surface area contributed by atoms with Gasteiger partial charge < -0.3 is 5.73 Å². The molecule has 0 saturated carbocycles. The Bertz CT molecular complexity index is 39.1. The fraction of sp³-hybridized carbons (Fsp3) is 1.00. The Balaban J connectivity index is 2.83. The number of nitrogens with two attached hydrogens (primary N) is 1. The van der Waals surface area contributed by atoms with Crippen LogP contribution in [0, 0.1) is 0 Å². The minimum atomic E-state index is -0.283. The van der Waals surface area contributed by atoms with Crippen molar-refractivity contribution < 1.29 is 4.39 Å². The molecule has 7 heavy (non-hydrogen) atoms. The highest BCUT2D eigenvalue weighted by Crippen LogP contribution is 1.91. The Kier molecular flexibility index (Phi) is 4.00. The largest absolute Gasteiger partial charge is 0.328 e. The monoisotopic (exact) mass is 105 g/mol. The van der Waals surface area contributed by atoms with E-state index in [-0.39, 0.29) is 12.7 Å². The van der Waals surface area contributed by atoms with Crippen LogP contribution in [0.3, 0.4) is 0 Å². The van der Waals surface area contributed by atoms with Crippen LogP contribution in [0.5, 0.6) is 0 Å². The van der Waals surface area contributed by atoms with Gasteiger partial charge in [0.15, 0.2) is 0 Å². The van der Waals surface area contributed by atoms with Gasteiger partial charge in [-0.15, -0.1) is 0 Å². The van der Waals surface area contributed by atoms with Crippen LogP contribution in [0.15, 0.2) is 0 Å². The lowest BCUT2D eigenvalue weighted by Gasteiger charge is -2.01. The van der Waals surface area contributed by atoms with Crippen molar-refractivity contribution in [2.45, 2.75) is 25.8 Å². The molecule has 0 aliphatic carbocycles. The zero-order valence-electron chi connectivity index (χ0n) is 4.65. The first-order valence-electron chi connectivity index (χ1n) is 2.62. The van der Waals surface area contributed by atoms with Crippen molar-refractivity contribution in [3.8, 4) is 0 Å². The van der Waals surface area contributed by atoms with Crippen LogP contribution in [-0.2, 0) is 0 Å². The maximum absolute atomic E-state index is 11.4. The summed E-state index contributed by atoms with van der Waals surface area (Å²) in [6, 6.07) is 0.0741. The second-order valence-corrected chi connectivity index (χ2v) is 1.65. The summed E-state index contributed by atoms with van der Waals surface area (Å²) in [7, 11) is 0. The van der Waals surface area contributed by atoms with Gasteiger partial charge in [0.05, 0.1) is 6.67 Å². The Hall–Kier alpha value is -0.110. The Morgan fingerprint density at radius 1 is 1.71 bits per heavy atom. The van der Waals surface area contributed by atoms with Crippen molar-refractivity contribution in [2.75, 3.05) is 6.67 Å². The Morgan fingerprint density at radius 3 is 2.43 bits per heavy atom. The lowest BCUT2D eigenvalue weighted by Crippen LogP contribution is -2.18. The third-order valence-corrected chi connectivity index (χ3v) is 1.00. The van der Waals surface area contributed by atoms with E-state index in [9.17, 15) is 4.39 Å². The molecule has 0 aliphatic heterocycles. The maximum atomic E-state index is 11.4. The molecule has 0 bridgehead atoms. The molecule has 0 spiro atoms. The number of rotatable bonds is 3. The summed E-state index contributed by atoms with van der Waals surface area (Å²) in [4.78, 5) is 0. The van der Waals surface area contributed by atoms with E-state index >= 15 is 0 Å². The zero-order chi connectivity index (χ0) is 5.70. The standard InChI is InChI=1S/C5H12FN/c1-2-5(7)3-4-6/h5H,2-4,7H2,1H3/t5-/m1/s1. The van der Waals surface area contributed by atoms with Crippen LogP contribution in [0.2, 0.25) is 0 Å². The highest BCUT2D eigenvalue weighted by atomic mass is 19.1. The van der Waals surface area contributed by atoms with Gasteiger partial charge in [0.1, 0.15) is 0 Å². The summed E-state index contributed by atoms with van der Waals surface area (Å²) in [5.74, 6) is 0. The Morgan fingerprint density at radius 2 is 2.29 bits per heavy atom. The molecule has 0 aromatic carbocycles. The lowest BCUT2D eigenvalue weighted by atomic mass is 10.2. The summed E-state index contributed by atoms with van der Waals surface area (Å²) < 4.78 is 11.4. The van der Waals surface area contributed by atoms with E-state index in [0.717, 1.165) is 6.42 Å². The van der Waals surface area contributed by atoms with Gasteiger partial charge in [0, 0.05) is 6.04 Å². The molecule has 0 unspecified atom stereocenters. The maximum Gasteiger partial charge on any atom is 0.0909 e. The molecule has 0 rings (SSSR count). The summed E-state index contributed by atoms with van der Waals surface area (Å²) in [5, 5.41) is 0. The van der Waals surface area contributed by atoms with Crippen LogP contribution < -0.4 is 5.73 Å². The minimum Gasteiger partial charge on any atom is -0.328 e. The van der Waals surface area contributed by atoms with Crippen LogP contribution >= 0.6 is 0 Å². The second kappa shape index (κ2) is 4.06. The van der Waals surface area contributed by atoms with E-state index in [1.165, 1.54) is 0 Å². The van der Waals surface area contributed by atoms with Gasteiger partial charge >= 0.3 is 0 Å². The van der Waals surface area contributed by atoms with Crippen molar-refractivity contribution in [3.05, 3.63) is 0 Å². The quantitative estimate of drug-likeness (QED) is 0.571. The van der Waals surface area contributed by atoms with Gasteiger partial charge in [0.2, 0.25) is 0 Å². The first-order valence-corrected chi connectivity index (χ1v) is 2.62. The number of halogens is 1. The predicted molar refractivity (Wildman–Crippen MR) is 28.9 cm³/mol. The van der Waals surface area contributed by atoms with Gasteiger partial charge in [-0.1, -0.05) is 6.92 Å². The van der Waals surface area contributed by atoms with Crippen molar-refractivity contribution >= 4 is 0 Å². The Labute approximate surface area is 43.7 Å². The van der Waals surface area contributed by atoms with Gasteiger partial charge in [-0.05, 0) is 12.8 Å². The van der Waals surface area contributed by atoms with Crippen LogP contribution in [0.4, 0.5) is 4.39 Å². The van der Waals surface area contributed by atoms with Crippen LogP contribution in [0.25, 0.3) is 0 Å². The van der Waals surface area contributed by atoms with Crippen molar-refractivity contribution in [3.63, 3.8) is 0 Å². The van der Waals surface area contributed by atoms with Crippen LogP contribution in [0.1, 0.15) is 19.8 Å². The summed E-state index contributed by atoms with van der Waals surface area (Å²) in [6.07, 6.45) is 1.39. The molecule has 2 N–H and O–H groups in total. The molecular formula is C5H12FN. The molecule has 1 nitrogen and oxygen atoms in total.